The molecule has 0 spiro atoms. The van der Waals surface area contributed by atoms with Crippen molar-refractivity contribution < 1.29 is 18.1 Å². The molecular weight excluding hydrogens is 374 g/mol. The van der Waals surface area contributed by atoms with Gasteiger partial charge in [-0.1, -0.05) is 6.07 Å². The van der Waals surface area contributed by atoms with E-state index in [1.165, 1.54) is 18.2 Å². The number of nitro groups is 1. The molecule has 1 aromatic carbocycles. The van der Waals surface area contributed by atoms with Crippen molar-refractivity contribution in [3.8, 4) is 0 Å². The van der Waals surface area contributed by atoms with Gasteiger partial charge in [0.1, 0.15) is 0 Å². The third-order valence-electron chi connectivity index (χ3n) is 4.17. The Labute approximate surface area is 158 Å². The summed E-state index contributed by atoms with van der Waals surface area (Å²) in [6.45, 7) is 2.77. The first-order valence-electron chi connectivity index (χ1n) is 8.57. The zero-order valence-electron chi connectivity index (χ0n) is 15.4. The highest BCUT2D eigenvalue weighted by molar-refractivity contribution is 7.89. The van der Waals surface area contributed by atoms with E-state index in [1.54, 1.807) is 7.05 Å². The van der Waals surface area contributed by atoms with Gasteiger partial charge in [0.2, 0.25) is 10.0 Å². The van der Waals surface area contributed by atoms with Crippen molar-refractivity contribution in [2.75, 3.05) is 46.9 Å². The number of benzene rings is 1. The molecule has 10 nitrogen and oxygen atoms in total. The quantitative estimate of drug-likeness (QED) is 0.213. The number of aliphatic imine (C=N–C) groups is 1. The Bertz CT molecular complexity index is 777. The number of nitrogens with zero attached hydrogens (tertiary/aromatic N) is 3. The minimum atomic E-state index is -3.82. The number of non-ortho nitro benzene ring substituents is 1. The molecule has 1 heterocycles. The molecule has 0 aliphatic carbocycles. The third kappa shape index (κ3) is 6.15. The van der Waals surface area contributed by atoms with Gasteiger partial charge in [-0.25, -0.2) is 13.1 Å². The zero-order chi connectivity index (χ0) is 19.9. The van der Waals surface area contributed by atoms with Gasteiger partial charge >= 0.3 is 0 Å². The Morgan fingerprint density at radius 3 is 2.85 bits per heavy atom. The predicted octanol–water partition coefficient (Wildman–Crippen LogP) is 0.417. The molecule has 1 aliphatic rings. The lowest BCUT2D eigenvalue weighted by molar-refractivity contribution is -0.385. The van der Waals surface area contributed by atoms with Gasteiger partial charge in [0, 0.05) is 58.4 Å². The van der Waals surface area contributed by atoms with E-state index in [0.717, 1.165) is 32.2 Å². The first kappa shape index (κ1) is 21.1. The monoisotopic (exact) mass is 399 g/mol. The number of sulfonamides is 1. The van der Waals surface area contributed by atoms with Crippen molar-refractivity contribution >= 4 is 21.7 Å². The molecule has 1 fully saturated rings. The van der Waals surface area contributed by atoms with Crippen molar-refractivity contribution in [3.05, 3.63) is 34.4 Å². The molecule has 1 aliphatic heterocycles. The Balaban J connectivity index is 1.83. The summed E-state index contributed by atoms with van der Waals surface area (Å²) in [5.41, 5.74) is -0.270. The van der Waals surface area contributed by atoms with Crippen LogP contribution in [0.4, 0.5) is 5.69 Å². The van der Waals surface area contributed by atoms with Crippen LogP contribution >= 0.6 is 0 Å². The smallest absolute Gasteiger partial charge is 0.270 e. The van der Waals surface area contributed by atoms with E-state index in [2.05, 4.69) is 15.0 Å². The molecule has 0 radical (unpaired) electrons. The van der Waals surface area contributed by atoms with E-state index >= 15 is 0 Å². The lowest BCUT2D eigenvalue weighted by atomic mass is 10.1. The fourth-order valence-electron chi connectivity index (χ4n) is 2.79. The minimum absolute atomic E-state index is 0.116. The molecule has 150 valence electrons. The largest absolute Gasteiger partial charge is 0.381 e. The number of hydrogen-bond acceptors (Lipinski definition) is 6. The highest BCUT2D eigenvalue weighted by Gasteiger charge is 2.20. The predicted molar refractivity (Wildman–Crippen MR) is 101 cm³/mol. The van der Waals surface area contributed by atoms with Crippen LogP contribution < -0.4 is 10.0 Å². The summed E-state index contributed by atoms with van der Waals surface area (Å²) in [5.74, 6) is 1.12. The standard InChI is InChI=1S/C16H25N5O5S/c1-17-16(20(2)11-13-6-9-26-12-13)18-7-8-19-27(24,25)15-5-3-4-14(10-15)21(22)23/h3-5,10,13,19H,6-9,11-12H2,1-2H3,(H,17,18). The molecule has 27 heavy (non-hydrogen) atoms. The molecule has 0 saturated carbocycles. The van der Waals surface area contributed by atoms with Gasteiger partial charge in [0.15, 0.2) is 5.96 Å². The second kappa shape index (κ2) is 9.62. The van der Waals surface area contributed by atoms with Gasteiger partial charge in [-0.05, 0) is 12.5 Å². The second-order valence-electron chi connectivity index (χ2n) is 6.24. The third-order valence-corrected chi connectivity index (χ3v) is 5.63. The van der Waals surface area contributed by atoms with Gasteiger partial charge in [0.05, 0.1) is 16.4 Å². The van der Waals surface area contributed by atoms with E-state index in [1.807, 2.05) is 11.9 Å². The molecule has 1 aromatic rings. The molecule has 1 unspecified atom stereocenters. The molecule has 2 rings (SSSR count). The molecular formula is C16H25N5O5S. The fraction of sp³-hybridized carbons (Fsp3) is 0.562. The van der Waals surface area contributed by atoms with Crippen LogP contribution in [0.5, 0.6) is 0 Å². The van der Waals surface area contributed by atoms with Crippen LogP contribution in [0, 0.1) is 16.0 Å². The van der Waals surface area contributed by atoms with E-state index in [0.29, 0.717) is 18.4 Å². The van der Waals surface area contributed by atoms with Crippen molar-refractivity contribution in [2.45, 2.75) is 11.3 Å². The maximum Gasteiger partial charge on any atom is 0.270 e. The normalized spacial score (nSPS) is 17.7. The number of ether oxygens (including phenoxy) is 1. The Morgan fingerprint density at radius 1 is 1.44 bits per heavy atom. The minimum Gasteiger partial charge on any atom is -0.381 e. The van der Waals surface area contributed by atoms with Gasteiger partial charge in [-0.3, -0.25) is 15.1 Å². The van der Waals surface area contributed by atoms with E-state index < -0.39 is 14.9 Å². The van der Waals surface area contributed by atoms with Crippen molar-refractivity contribution in [2.24, 2.45) is 10.9 Å². The number of guanidine groups is 1. The second-order valence-corrected chi connectivity index (χ2v) is 8.00. The van der Waals surface area contributed by atoms with Crippen LogP contribution in [0.1, 0.15) is 6.42 Å². The Hall–Kier alpha value is -2.24. The van der Waals surface area contributed by atoms with Gasteiger partial charge < -0.3 is 15.0 Å². The van der Waals surface area contributed by atoms with Crippen molar-refractivity contribution in [3.63, 3.8) is 0 Å². The maximum atomic E-state index is 12.3. The lowest BCUT2D eigenvalue weighted by Crippen LogP contribution is -2.44. The van der Waals surface area contributed by atoms with Crippen LogP contribution in [-0.2, 0) is 14.8 Å². The first-order chi connectivity index (χ1) is 12.8. The SMILES string of the molecule is CN=C(NCCNS(=O)(=O)c1cccc([N+](=O)[O-])c1)N(C)CC1CCOC1. The summed E-state index contributed by atoms with van der Waals surface area (Å²) in [6.07, 6.45) is 1.02. The number of nitro benzene ring substituents is 1. The molecule has 1 saturated heterocycles. The van der Waals surface area contributed by atoms with Crippen molar-refractivity contribution in [1.29, 1.82) is 0 Å². The highest BCUT2D eigenvalue weighted by atomic mass is 32.2. The van der Waals surface area contributed by atoms with Gasteiger partial charge in [-0.2, -0.15) is 0 Å². The topological polar surface area (TPSA) is 126 Å². The molecule has 0 aromatic heterocycles. The van der Waals surface area contributed by atoms with Crippen LogP contribution in [-0.4, -0.2) is 71.1 Å². The molecule has 11 heteroatoms. The number of hydrogen-bond donors (Lipinski definition) is 2. The van der Waals surface area contributed by atoms with Gasteiger partial charge in [0.25, 0.3) is 5.69 Å². The summed E-state index contributed by atoms with van der Waals surface area (Å²) in [4.78, 5) is 16.2. The molecule has 1 atom stereocenters. The fourth-order valence-corrected chi connectivity index (χ4v) is 3.86. The Morgan fingerprint density at radius 2 is 2.22 bits per heavy atom. The summed E-state index contributed by atoms with van der Waals surface area (Å²) in [6, 6.07) is 4.94. The number of rotatable bonds is 8. The van der Waals surface area contributed by atoms with Crippen LogP contribution in [0.3, 0.4) is 0 Å². The molecule has 0 bridgehead atoms. The average molecular weight is 399 g/mol. The zero-order valence-corrected chi connectivity index (χ0v) is 16.2. The van der Waals surface area contributed by atoms with Gasteiger partial charge in [-0.15, -0.1) is 0 Å². The first-order valence-corrected chi connectivity index (χ1v) is 10.1. The highest BCUT2D eigenvalue weighted by Crippen LogP contribution is 2.17. The molecule has 2 N–H and O–H groups in total. The summed E-state index contributed by atoms with van der Waals surface area (Å²) < 4.78 is 32.3. The Kier molecular flexibility index (Phi) is 7.51. The van der Waals surface area contributed by atoms with E-state index in [9.17, 15) is 18.5 Å². The lowest BCUT2D eigenvalue weighted by Gasteiger charge is -2.24. The maximum absolute atomic E-state index is 12.3. The average Bonchev–Trinajstić information content (AvgIpc) is 3.14. The van der Waals surface area contributed by atoms with Crippen molar-refractivity contribution in [1.82, 2.24) is 14.9 Å². The number of nitrogens with one attached hydrogen (secondary N) is 2. The van der Waals surface area contributed by atoms with Crippen LogP contribution in [0.2, 0.25) is 0 Å². The van der Waals surface area contributed by atoms with E-state index in [-0.39, 0.29) is 17.1 Å². The molecule has 0 amide bonds. The summed E-state index contributed by atoms with van der Waals surface area (Å²) in [5, 5.41) is 13.9. The summed E-state index contributed by atoms with van der Waals surface area (Å²) >= 11 is 0. The van der Waals surface area contributed by atoms with Crippen LogP contribution in [0.25, 0.3) is 0 Å². The van der Waals surface area contributed by atoms with Crippen LogP contribution in [0.15, 0.2) is 34.2 Å². The van der Waals surface area contributed by atoms with E-state index in [4.69, 9.17) is 4.74 Å². The summed E-state index contributed by atoms with van der Waals surface area (Å²) in [7, 11) is -0.243.